The number of rotatable bonds is 9. The summed E-state index contributed by atoms with van der Waals surface area (Å²) in [6, 6.07) is 19.4. The fourth-order valence-corrected chi connectivity index (χ4v) is 12.1. The monoisotopic (exact) mass is 765 g/mol. The van der Waals surface area contributed by atoms with Crippen molar-refractivity contribution in [2.45, 2.75) is 112 Å². The number of nitrogens with zero attached hydrogens (tertiary/aromatic N) is 4. The number of carbonyl (C=O) groups is 1. The molecule has 8 rings (SSSR count). The van der Waals surface area contributed by atoms with Gasteiger partial charge in [0.15, 0.2) is 0 Å². The van der Waals surface area contributed by atoms with Gasteiger partial charge < -0.3 is 9.47 Å². The SMILES string of the molecule is Cc1nc2ccccc2n1[C@H]1C[C@H]2CC[C@@H](C1)N2CCC1(c2cccc(F)c2)CCN(C(=O)c2c(Cl)ccc(S(=O)(=O)NC3CCCC3)c2Cl)CC1. The molecule has 3 saturated heterocycles. The van der Waals surface area contributed by atoms with Crippen LogP contribution in [-0.4, -0.2) is 71.4 Å². The number of amides is 1. The molecule has 3 atom stereocenters. The van der Waals surface area contributed by atoms with Gasteiger partial charge in [-0.1, -0.05) is 60.3 Å². The third-order valence-corrected chi connectivity index (χ3v) is 14.9. The number of aromatic nitrogens is 2. The van der Waals surface area contributed by atoms with Crippen LogP contribution in [0.25, 0.3) is 11.0 Å². The van der Waals surface area contributed by atoms with Gasteiger partial charge in [-0.05, 0) is 119 Å². The lowest BCUT2D eigenvalue weighted by Gasteiger charge is -2.45. The van der Waals surface area contributed by atoms with E-state index in [1.54, 1.807) is 17.0 Å². The van der Waals surface area contributed by atoms with Crippen LogP contribution in [0.1, 0.15) is 98.4 Å². The zero-order valence-electron chi connectivity index (χ0n) is 29.5. The van der Waals surface area contributed by atoms with E-state index in [0.717, 1.165) is 68.4 Å². The third kappa shape index (κ3) is 6.68. The van der Waals surface area contributed by atoms with Crippen molar-refractivity contribution < 1.29 is 17.6 Å². The molecule has 52 heavy (non-hydrogen) atoms. The van der Waals surface area contributed by atoms with E-state index in [-0.39, 0.29) is 43.7 Å². The van der Waals surface area contributed by atoms with Crippen molar-refractivity contribution in [1.82, 2.24) is 24.1 Å². The highest BCUT2D eigenvalue weighted by molar-refractivity contribution is 7.89. The Morgan fingerprint density at radius 2 is 1.65 bits per heavy atom. The molecule has 3 aromatic carbocycles. The first-order chi connectivity index (χ1) is 25.0. The second-order valence-electron chi connectivity index (χ2n) is 15.4. The first-order valence-electron chi connectivity index (χ1n) is 18.8. The fourth-order valence-electron chi connectivity index (χ4n) is 9.85. The van der Waals surface area contributed by atoms with Crippen molar-refractivity contribution >= 4 is 50.2 Å². The van der Waals surface area contributed by atoms with E-state index in [2.05, 4.69) is 39.3 Å². The van der Waals surface area contributed by atoms with Gasteiger partial charge in [0.05, 0.1) is 26.6 Å². The molecule has 8 nitrogen and oxygen atoms in total. The third-order valence-electron chi connectivity index (χ3n) is 12.5. The molecule has 4 fully saturated rings. The second kappa shape index (κ2) is 14.3. The molecule has 1 aromatic heterocycles. The molecule has 1 saturated carbocycles. The minimum atomic E-state index is -3.94. The number of piperidine rings is 2. The lowest BCUT2D eigenvalue weighted by Crippen LogP contribution is -2.49. The number of imidazole rings is 1. The van der Waals surface area contributed by atoms with E-state index in [1.165, 1.54) is 36.6 Å². The Kier molecular flexibility index (Phi) is 9.91. The van der Waals surface area contributed by atoms with Gasteiger partial charge in [0.25, 0.3) is 5.91 Å². The molecular formula is C40H46Cl2FN5O3S. The summed E-state index contributed by atoms with van der Waals surface area (Å²) in [5, 5.41) is -0.0303. The summed E-state index contributed by atoms with van der Waals surface area (Å²) in [5.74, 6) is 0.423. The minimum Gasteiger partial charge on any atom is -0.338 e. The van der Waals surface area contributed by atoms with E-state index in [0.29, 0.717) is 44.1 Å². The molecule has 2 bridgehead atoms. The van der Waals surface area contributed by atoms with Gasteiger partial charge >= 0.3 is 0 Å². The minimum absolute atomic E-state index is 0.0104. The maximum Gasteiger partial charge on any atom is 0.256 e. The van der Waals surface area contributed by atoms with E-state index in [9.17, 15) is 17.6 Å². The number of hydrogen-bond donors (Lipinski definition) is 1. The molecule has 276 valence electrons. The Balaban J connectivity index is 0.990. The van der Waals surface area contributed by atoms with E-state index in [1.807, 2.05) is 12.1 Å². The van der Waals surface area contributed by atoms with Crippen LogP contribution in [0.5, 0.6) is 0 Å². The van der Waals surface area contributed by atoms with Crippen molar-refractivity contribution in [3.63, 3.8) is 0 Å². The highest BCUT2D eigenvalue weighted by Gasteiger charge is 2.44. The summed E-state index contributed by atoms with van der Waals surface area (Å²) in [6.07, 6.45) is 10.2. The van der Waals surface area contributed by atoms with Gasteiger partial charge in [0.2, 0.25) is 10.0 Å². The number of aryl methyl sites for hydroxylation is 1. The Hall–Kier alpha value is -3.02. The topological polar surface area (TPSA) is 87.5 Å². The van der Waals surface area contributed by atoms with E-state index < -0.39 is 10.0 Å². The molecule has 12 heteroatoms. The molecule has 4 aliphatic rings. The van der Waals surface area contributed by atoms with Crippen molar-refractivity contribution in [2.75, 3.05) is 19.6 Å². The standard InChI is InChI=1S/C40H46Cl2FN5O3S/c1-26-44-34-11-4-5-12-35(34)48(26)32-24-30-13-14-31(25-32)47(30)22-19-40(27-7-6-8-28(43)23-27)17-20-46(21-18-40)39(49)37-33(41)15-16-36(38(37)42)52(50,51)45-29-9-2-3-10-29/h4-8,11-12,15-16,23,29-32,45H,2-3,9-10,13-14,17-22,24-25H2,1H3/t30-,31+,32+. The smallest absolute Gasteiger partial charge is 0.256 e. The van der Waals surface area contributed by atoms with Crippen molar-refractivity contribution in [1.29, 1.82) is 0 Å². The molecule has 1 amide bonds. The van der Waals surface area contributed by atoms with Gasteiger partial charge in [-0.3, -0.25) is 9.69 Å². The Morgan fingerprint density at radius 1 is 0.942 bits per heavy atom. The van der Waals surface area contributed by atoms with Crippen LogP contribution in [0.3, 0.4) is 0 Å². The summed E-state index contributed by atoms with van der Waals surface area (Å²) in [5.41, 5.74) is 2.91. The summed E-state index contributed by atoms with van der Waals surface area (Å²) in [6.45, 7) is 3.85. The maximum atomic E-state index is 14.8. The largest absolute Gasteiger partial charge is 0.338 e. The van der Waals surface area contributed by atoms with Crippen molar-refractivity contribution in [3.8, 4) is 0 Å². The van der Waals surface area contributed by atoms with E-state index >= 15 is 0 Å². The molecule has 0 unspecified atom stereocenters. The van der Waals surface area contributed by atoms with Crippen LogP contribution in [0.2, 0.25) is 10.0 Å². The molecule has 4 aromatic rings. The molecule has 1 N–H and O–H groups in total. The van der Waals surface area contributed by atoms with Crippen molar-refractivity contribution in [2.24, 2.45) is 0 Å². The normalized spacial score (nSPS) is 23.8. The summed E-state index contributed by atoms with van der Waals surface area (Å²) < 4.78 is 46.6. The fraction of sp³-hybridized carbons (Fsp3) is 0.500. The Morgan fingerprint density at radius 3 is 2.37 bits per heavy atom. The van der Waals surface area contributed by atoms with Crippen LogP contribution < -0.4 is 4.72 Å². The number of nitrogens with one attached hydrogen (secondary N) is 1. The number of sulfonamides is 1. The average molecular weight is 767 g/mol. The number of fused-ring (bicyclic) bond motifs is 3. The number of halogens is 3. The number of likely N-dealkylation sites (tertiary alicyclic amines) is 1. The molecule has 3 aliphatic heterocycles. The number of benzene rings is 3. The zero-order chi connectivity index (χ0) is 36.2. The Bertz CT molecular complexity index is 2080. The van der Waals surface area contributed by atoms with Gasteiger partial charge in [-0.15, -0.1) is 0 Å². The number of hydrogen-bond acceptors (Lipinski definition) is 5. The van der Waals surface area contributed by atoms with Crippen LogP contribution in [-0.2, 0) is 15.4 Å². The Labute approximate surface area is 315 Å². The molecule has 0 spiro atoms. The van der Waals surface area contributed by atoms with Crippen LogP contribution in [0.15, 0.2) is 65.6 Å². The highest BCUT2D eigenvalue weighted by atomic mass is 35.5. The summed E-state index contributed by atoms with van der Waals surface area (Å²) >= 11 is 13.3. The van der Waals surface area contributed by atoms with Gasteiger partial charge in [-0.25, -0.2) is 22.5 Å². The second-order valence-corrected chi connectivity index (χ2v) is 17.9. The first-order valence-corrected chi connectivity index (χ1v) is 21.0. The summed E-state index contributed by atoms with van der Waals surface area (Å²) in [7, 11) is -3.94. The number of para-hydroxylation sites is 2. The predicted octanol–water partition coefficient (Wildman–Crippen LogP) is 8.44. The maximum absolute atomic E-state index is 14.8. The first kappa shape index (κ1) is 36.0. The predicted molar refractivity (Wildman–Crippen MR) is 203 cm³/mol. The van der Waals surface area contributed by atoms with E-state index in [4.69, 9.17) is 28.2 Å². The molecular weight excluding hydrogens is 720 g/mol. The molecule has 4 heterocycles. The van der Waals surface area contributed by atoms with Gasteiger partial charge in [-0.2, -0.15) is 0 Å². The lowest BCUT2D eigenvalue weighted by atomic mass is 9.70. The van der Waals surface area contributed by atoms with Crippen LogP contribution in [0, 0.1) is 12.7 Å². The quantitative estimate of drug-likeness (QED) is 0.185. The lowest BCUT2D eigenvalue weighted by molar-refractivity contribution is 0.0606. The van der Waals surface area contributed by atoms with Crippen LogP contribution >= 0.6 is 23.2 Å². The zero-order valence-corrected chi connectivity index (χ0v) is 31.9. The highest BCUT2D eigenvalue weighted by Crippen LogP contribution is 2.45. The van der Waals surface area contributed by atoms with Crippen molar-refractivity contribution in [3.05, 3.63) is 93.5 Å². The van der Waals surface area contributed by atoms with Crippen LogP contribution in [0.4, 0.5) is 4.39 Å². The average Bonchev–Trinajstić information content (AvgIpc) is 3.81. The van der Waals surface area contributed by atoms with Gasteiger partial charge in [0.1, 0.15) is 16.5 Å². The number of carbonyl (C=O) groups excluding carboxylic acids is 1. The van der Waals surface area contributed by atoms with Gasteiger partial charge in [0, 0.05) is 37.3 Å². The molecule has 1 aliphatic carbocycles. The summed E-state index contributed by atoms with van der Waals surface area (Å²) in [4.78, 5) is 23.2. The molecule has 0 radical (unpaired) electrons.